The van der Waals surface area contributed by atoms with Crippen LogP contribution < -0.4 is 5.32 Å². The SMILES string of the molecule is CCOC(=O)c1c(C)[nH]c(C)c1S(=O)(=O)N1CCC[C@@H](C(=O)Nc2nc3ccc(C)cc3s2)C1. The number of carbonyl (C=O) groups excluding carboxylic acids is 2. The highest BCUT2D eigenvalue weighted by Gasteiger charge is 2.38. The third-order valence-corrected chi connectivity index (χ3v) is 8.90. The highest BCUT2D eigenvalue weighted by Crippen LogP contribution is 2.32. The average molecular weight is 505 g/mol. The van der Waals surface area contributed by atoms with Gasteiger partial charge in [0.2, 0.25) is 15.9 Å². The van der Waals surface area contributed by atoms with Crippen LogP contribution in [0.5, 0.6) is 0 Å². The van der Waals surface area contributed by atoms with Crippen LogP contribution in [0.4, 0.5) is 5.13 Å². The lowest BCUT2D eigenvalue weighted by Crippen LogP contribution is -2.44. The van der Waals surface area contributed by atoms with Gasteiger partial charge in [0.05, 0.1) is 22.7 Å². The fourth-order valence-electron chi connectivity index (χ4n) is 4.33. The van der Waals surface area contributed by atoms with Crippen molar-refractivity contribution >= 4 is 48.6 Å². The van der Waals surface area contributed by atoms with E-state index in [4.69, 9.17) is 4.74 Å². The first-order valence-electron chi connectivity index (χ1n) is 11.2. The summed E-state index contributed by atoms with van der Waals surface area (Å²) in [4.78, 5) is 32.8. The summed E-state index contributed by atoms with van der Waals surface area (Å²) < 4.78 is 34.5. The number of aryl methyl sites for hydroxylation is 3. The van der Waals surface area contributed by atoms with Crippen LogP contribution in [0.3, 0.4) is 0 Å². The fourth-order valence-corrected chi connectivity index (χ4v) is 7.23. The Morgan fingerprint density at radius 2 is 2.03 bits per heavy atom. The second-order valence-electron chi connectivity index (χ2n) is 8.48. The number of amides is 1. The molecule has 0 bridgehead atoms. The van der Waals surface area contributed by atoms with Gasteiger partial charge in [-0.1, -0.05) is 17.4 Å². The first-order valence-corrected chi connectivity index (χ1v) is 13.4. The minimum absolute atomic E-state index is 0.0238. The van der Waals surface area contributed by atoms with Crippen molar-refractivity contribution < 1.29 is 22.7 Å². The molecular formula is C23H28N4O5S2. The summed E-state index contributed by atoms with van der Waals surface area (Å²) >= 11 is 1.39. The molecule has 11 heteroatoms. The first kappa shape index (κ1) is 24.4. The molecule has 3 heterocycles. The molecule has 2 N–H and O–H groups in total. The molecule has 0 saturated carbocycles. The van der Waals surface area contributed by atoms with Gasteiger partial charge < -0.3 is 15.0 Å². The number of aromatic amines is 1. The van der Waals surface area contributed by atoms with Crippen molar-refractivity contribution in [1.82, 2.24) is 14.3 Å². The van der Waals surface area contributed by atoms with Crippen LogP contribution in [0, 0.1) is 26.7 Å². The number of hydrogen-bond donors (Lipinski definition) is 2. The Labute approximate surface area is 202 Å². The number of piperidine rings is 1. The molecule has 1 amide bonds. The Hall–Kier alpha value is -2.76. The van der Waals surface area contributed by atoms with E-state index in [0.717, 1.165) is 15.8 Å². The highest BCUT2D eigenvalue weighted by atomic mass is 32.2. The average Bonchev–Trinajstić information content (AvgIpc) is 3.32. The van der Waals surface area contributed by atoms with Crippen molar-refractivity contribution in [1.29, 1.82) is 0 Å². The number of benzene rings is 1. The number of aromatic nitrogens is 2. The Balaban J connectivity index is 1.55. The summed E-state index contributed by atoms with van der Waals surface area (Å²) in [6.07, 6.45) is 1.10. The van der Waals surface area contributed by atoms with Crippen molar-refractivity contribution in [2.45, 2.75) is 45.4 Å². The molecule has 1 aliphatic heterocycles. The molecule has 0 aliphatic carbocycles. The van der Waals surface area contributed by atoms with E-state index in [1.807, 2.05) is 25.1 Å². The molecule has 34 heavy (non-hydrogen) atoms. The molecule has 0 radical (unpaired) electrons. The summed E-state index contributed by atoms with van der Waals surface area (Å²) in [5, 5.41) is 3.35. The number of H-pyrrole nitrogens is 1. The van der Waals surface area contributed by atoms with Crippen molar-refractivity contribution in [2.75, 3.05) is 25.0 Å². The molecule has 0 spiro atoms. The summed E-state index contributed by atoms with van der Waals surface area (Å²) in [6.45, 7) is 7.37. The second kappa shape index (κ2) is 9.47. The summed E-state index contributed by atoms with van der Waals surface area (Å²) in [7, 11) is -4.02. The number of hydrogen-bond acceptors (Lipinski definition) is 7. The number of anilines is 1. The van der Waals surface area contributed by atoms with Gasteiger partial charge in [-0.2, -0.15) is 4.31 Å². The van der Waals surface area contributed by atoms with Crippen LogP contribution in [-0.2, 0) is 19.6 Å². The molecule has 1 atom stereocenters. The van der Waals surface area contributed by atoms with Crippen LogP contribution in [0.2, 0.25) is 0 Å². The number of nitrogens with zero attached hydrogens (tertiary/aromatic N) is 2. The van der Waals surface area contributed by atoms with Crippen LogP contribution in [0.15, 0.2) is 23.1 Å². The molecule has 4 rings (SSSR count). The lowest BCUT2D eigenvalue weighted by molar-refractivity contribution is -0.120. The lowest BCUT2D eigenvalue weighted by Gasteiger charge is -2.31. The molecule has 1 aromatic carbocycles. The van der Waals surface area contributed by atoms with E-state index in [9.17, 15) is 18.0 Å². The molecule has 3 aromatic rings. The molecule has 182 valence electrons. The molecule has 1 fully saturated rings. The zero-order valence-corrected chi connectivity index (χ0v) is 21.2. The van der Waals surface area contributed by atoms with E-state index in [1.165, 1.54) is 15.6 Å². The number of sulfonamides is 1. The quantitative estimate of drug-likeness (QED) is 0.493. The number of fused-ring (bicyclic) bond motifs is 1. The van der Waals surface area contributed by atoms with Crippen LogP contribution >= 0.6 is 11.3 Å². The van der Waals surface area contributed by atoms with Crippen LogP contribution in [-0.4, -0.2) is 54.3 Å². The molecular weight excluding hydrogens is 476 g/mol. The summed E-state index contributed by atoms with van der Waals surface area (Å²) in [6, 6.07) is 5.89. The third-order valence-electron chi connectivity index (χ3n) is 5.92. The van der Waals surface area contributed by atoms with Crippen molar-refractivity contribution in [3.63, 3.8) is 0 Å². The van der Waals surface area contributed by atoms with E-state index in [1.54, 1.807) is 20.8 Å². The summed E-state index contributed by atoms with van der Waals surface area (Å²) in [5.74, 6) is -1.47. The normalized spacial score (nSPS) is 17.1. The zero-order chi connectivity index (χ0) is 24.6. The van der Waals surface area contributed by atoms with Gasteiger partial charge >= 0.3 is 5.97 Å². The van der Waals surface area contributed by atoms with Gasteiger partial charge in [0, 0.05) is 24.5 Å². The Bertz CT molecular complexity index is 1360. The van der Waals surface area contributed by atoms with Crippen molar-refractivity contribution in [3.05, 3.63) is 40.7 Å². The zero-order valence-electron chi connectivity index (χ0n) is 19.6. The predicted octanol–water partition coefficient (Wildman–Crippen LogP) is 3.77. The molecule has 1 saturated heterocycles. The van der Waals surface area contributed by atoms with Gasteiger partial charge in [-0.25, -0.2) is 18.2 Å². The minimum atomic E-state index is -4.02. The highest BCUT2D eigenvalue weighted by molar-refractivity contribution is 7.89. The monoisotopic (exact) mass is 504 g/mol. The van der Waals surface area contributed by atoms with Gasteiger partial charge in [0.15, 0.2) is 5.13 Å². The second-order valence-corrected chi connectivity index (χ2v) is 11.4. The Morgan fingerprint density at radius 1 is 1.26 bits per heavy atom. The summed E-state index contributed by atoms with van der Waals surface area (Å²) in [5.41, 5.74) is 2.75. The van der Waals surface area contributed by atoms with Gasteiger partial charge in [0.1, 0.15) is 10.5 Å². The number of thiazole rings is 1. The van der Waals surface area contributed by atoms with Crippen molar-refractivity contribution in [2.24, 2.45) is 5.92 Å². The number of nitrogens with one attached hydrogen (secondary N) is 2. The van der Waals surface area contributed by atoms with E-state index >= 15 is 0 Å². The largest absolute Gasteiger partial charge is 0.462 e. The number of ether oxygens (including phenoxy) is 1. The van der Waals surface area contributed by atoms with Crippen LogP contribution in [0.25, 0.3) is 10.2 Å². The number of esters is 1. The Morgan fingerprint density at radius 3 is 2.76 bits per heavy atom. The predicted molar refractivity (Wildman–Crippen MR) is 131 cm³/mol. The van der Waals surface area contributed by atoms with Crippen molar-refractivity contribution in [3.8, 4) is 0 Å². The smallest absolute Gasteiger partial charge is 0.341 e. The minimum Gasteiger partial charge on any atom is -0.462 e. The third kappa shape index (κ3) is 4.59. The standard InChI is InChI=1S/C23H28N4O5S2/c1-5-32-22(29)19-14(3)24-15(4)20(19)34(30,31)27-10-6-7-16(12-27)21(28)26-23-25-17-9-8-13(2)11-18(17)33-23/h8-9,11,16,24H,5-7,10,12H2,1-4H3,(H,25,26,28)/t16-/m1/s1. The number of rotatable bonds is 6. The maximum Gasteiger partial charge on any atom is 0.341 e. The number of carbonyl (C=O) groups is 2. The van der Waals surface area contributed by atoms with E-state index in [2.05, 4.69) is 15.3 Å². The first-order chi connectivity index (χ1) is 16.1. The van der Waals surface area contributed by atoms with E-state index < -0.39 is 21.9 Å². The van der Waals surface area contributed by atoms with Gasteiger partial charge in [-0.15, -0.1) is 0 Å². The maximum absolute atomic E-state index is 13.6. The molecule has 0 unspecified atom stereocenters. The topological polar surface area (TPSA) is 121 Å². The van der Waals surface area contributed by atoms with Gasteiger partial charge in [-0.05, 0) is 58.2 Å². The van der Waals surface area contributed by atoms with E-state index in [-0.39, 0.29) is 36.1 Å². The van der Waals surface area contributed by atoms with E-state index in [0.29, 0.717) is 29.4 Å². The molecule has 2 aromatic heterocycles. The Kier molecular flexibility index (Phi) is 6.79. The molecule has 9 nitrogen and oxygen atoms in total. The fraction of sp³-hybridized carbons (Fsp3) is 0.435. The van der Waals surface area contributed by atoms with Gasteiger partial charge in [0.25, 0.3) is 0 Å². The maximum atomic E-state index is 13.6. The lowest BCUT2D eigenvalue weighted by atomic mass is 9.99. The van der Waals surface area contributed by atoms with Gasteiger partial charge in [-0.3, -0.25) is 4.79 Å². The van der Waals surface area contributed by atoms with Crippen LogP contribution in [0.1, 0.15) is 47.1 Å². The molecule has 1 aliphatic rings.